The zero-order valence-electron chi connectivity index (χ0n) is 6.87. The Bertz CT molecular complexity index is 77.7. The van der Waals surface area contributed by atoms with Gasteiger partial charge in [-0.2, -0.15) is 0 Å². The summed E-state index contributed by atoms with van der Waals surface area (Å²) >= 11 is 0. The average Bonchev–Trinajstić information content (AvgIpc) is 2.33. The Hall–Kier alpha value is -0.872. The standard InChI is InChI=1S/2C2H4.4CO.W/c6*1-2;/h2*1-2H2;;;;;. The molecule has 0 bridgehead atoms. The van der Waals surface area contributed by atoms with Gasteiger partial charge in [0.05, 0.1) is 0 Å². The molecule has 0 saturated heterocycles. The van der Waals surface area contributed by atoms with Crippen LogP contribution in [-0.2, 0) is 39.7 Å². The maximum Gasteiger partial charge on any atom is 0 e. The third-order valence-electron chi connectivity index (χ3n) is 0. The fraction of sp³-hybridized carbons (Fsp3) is 0. The van der Waals surface area contributed by atoms with Crippen LogP contribution in [0.25, 0.3) is 0 Å². The van der Waals surface area contributed by atoms with E-state index in [1.54, 1.807) is 0 Å². The molecule has 0 amide bonds. The monoisotopic (exact) mass is 352 g/mol. The van der Waals surface area contributed by atoms with Crippen LogP contribution in [0.3, 0.4) is 0 Å². The van der Waals surface area contributed by atoms with Crippen molar-refractivity contribution in [3.8, 4) is 0 Å². The molecule has 4 nitrogen and oxygen atoms in total. The van der Waals surface area contributed by atoms with Crippen molar-refractivity contribution in [2.75, 3.05) is 0 Å². The van der Waals surface area contributed by atoms with Crippen LogP contribution in [0.15, 0.2) is 26.3 Å². The molecule has 70 valence electrons. The van der Waals surface area contributed by atoms with E-state index >= 15 is 0 Å². The van der Waals surface area contributed by atoms with Crippen molar-refractivity contribution in [3.63, 3.8) is 0 Å². The Labute approximate surface area is 92.9 Å². The molecule has 0 N–H and O–H groups in total. The Kier molecular flexibility index (Phi) is 6600. The van der Waals surface area contributed by atoms with E-state index in [1.807, 2.05) is 0 Å². The summed E-state index contributed by atoms with van der Waals surface area (Å²) in [6.07, 6.45) is 0. The van der Waals surface area contributed by atoms with Gasteiger partial charge >= 0.3 is 45.2 Å². The maximum atomic E-state index is 7.50. The summed E-state index contributed by atoms with van der Waals surface area (Å²) in [7, 11) is 0. The molecule has 0 fully saturated rings. The van der Waals surface area contributed by atoms with Gasteiger partial charge < -0.3 is 0 Å². The van der Waals surface area contributed by atoms with Crippen LogP contribution >= 0.6 is 0 Å². The van der Waals surface area contributed by atoms with Crippen molar-refractivity contribution in [1.82, 2.24) is 0 Å². The second-order valence-corrected chi connectivity index (χ2v) is 0. The minimum atomic E-state index is 0. The van der Waals surface area contributed by atoms with Gasteiger partial charge in [0.2, 0.25) is 0 Å². The Balaban J connectivity index is -0.00000000655. The number of hydrogen-bond acceptors (Lipinski definition) is 0. The molecule has 0 aromatic carbocycles. The zero-order valence-corrected chi connectivity index (χ0v) is 9.80. The molecule has 0 aliphatic carbocycles. The maximum absolute atomic E-state index is 7.50. The van der Waals surface area contributed by atoms with Gasteiger partial charge in [-0.3, -0.25) is 0 Å². The molecule has 0 aromatic rings. The summed E-state index contributed by atoms with van der Waals surface area (Å²) in [6, 6.07) is 0. The third kappa shape index (κ3) is 1220. The normalized spacial score (nSPS) is 1.23. The summed E-state index contributed by atoms with van der Waals surface area (Å²) < 4.78 is 30.0. The van der Waals surface area contributed by atoms with Crippen LogP contribution < -0.4 is 0 Å². The molecule has 0 aliphatic rings. The third-order valence-corrected chi connectivity index (χ3v) is 0. The molecule has 0 radical (unpaired) electrons. The van der Waals surface area contributed by atoms with Crippen LogP contribution in [0, 0.1) is 26.6 Å². The molecule has 0 aromatic heterocycles. The van der Waals surface area contributed by atoms with E-state index in [4.69, 9.17) is 18.6 Å². The predicted octanol–water partition coefficient (Wildman–Crippen LogP) is 1.45. The van der Waals surface area contributed by atoms with Gasteiger partial charge in [0.25, 0.3) is 0 Å². The van der Waals surface area contributed by atoms with Gasteiger partial charge in [0, 0.05) is 21.1 Å². The van der Waals surface area contributed by atoms with E-state index in [9.17, 15) is 0 Å². The average molecular weight is 352 g/mol. The predicted molar refractivity (Wildman–Crippen MR) is 38.2 cm³/mol. The van der Waals surface area contributed by atoms with Gasteiger partial charge in [-0.05, 0) is 0 Å². The summed E-state index contributed by atoms with van der Waals surface area (Å²) in [5, 5.41) is 0. The molecule has 0 heterocycles. The quantitative estimate of drug-likeness (QED) is 0.359. The Morgan fingerprint density at radius 2 is 0.462 bits per heavy atom. The molecule has 0 atom stereocenters. The fourth-order valence-electron chi connectivity index (χ4n) is 0. The van der Waals surface area contributed by atoms with Crippen LogP contribution in [0.1, 0.15) is 0 Å². The summed E-state index contributed by atoms with van der Waals surface area (Å²) in [6.45, 7) is 30.0. The van der Waals surface area contributed by atoms with Gasteiger partial charge in [-0.25, -0.2) is 0 Å². The first-order chi connectivity index (χ1) is 6.00. The molecule has 0 rings (SSSR count). The minimum absolute atomic E-state index is 0. The van der Waals surface area contributed by atoms with Crippen molar-refractivity contribution in [3.05, 3.63) is 52.9 Å². The van der Waals surface area contributed by atoms with E-state index in [1.165, 1.54) is 0 Å². The molecule has 0 spiro atoms. The van der Waals surface area contributed by atoms with Crippen LogP contribution in [0.2, 0.25) is 0 Å². The fourth-order valence-corrected chi connectivity index (χ4v) is 0. The largest absolute Gasteiger partial charge is 0 e. The second kappa shape index (κ2) is 1500. The van der Waals surface area contributed by atoms with Crippen molar-refractivity contribution in [1.29, 1.82) is 0 Å². The molecule has 0 unspecified atom stereocenters. The number of hydrogen-bond donors (Lipinski definition) is 0. The van der Waals surface area contributed by atoms with E-state index in [0.717, 1.165) is 0 Å². The van der Waals surface area contributed by atoms with Crippen molar-refractivity contribution < 1.29 is 39.7 Å². The van der Waals surface area contributed by atoms with Crippen LogP contribution in [-0.4, -0.2) is 0 Å². The minimum Gasteiger partial charge on any atom is 0 e. The summed E-state index contributed by atoms with van der Waals surface area (Å²) in [5.41, 5.74) is 0. The first-order valence-corrected chi connectivity index (χ1v) is 1.82. The van der Waals surface area contributed by atoms with E-state index in [2.05, 4.69) is 52.9 Å². The SMILES string of the molecule is C=C.C=C.[C-]#[O+].[C-]#[O+].[C-]#[O+].[C-]#[O+].[W]. The van der Waals surface area contributed by atoms with Gasteiger partial charge in [0.15, 0.2) is 0 Å². The van der Waals surface area contributed by atoms with Crippen molar-refractivity contribution >= 4 is 0 Å². The van der Waals surface area contributed by atoms with Crippen molar-refractivity contribution in [2.24, 2.45) is 0 Å². The first-order valence-electron chi connectivity index (χ1n) is 1.82. The van der Waals surface area contributed by atoms with E-state index < -0.39 is 0 Å². The second-order valence-electron chi connectivity index (χ2n) is 0. The number of rotatable bonds is 0. The molecule has 0 saturated carbocycles. The molecule has 13 heavy (non-hydrogen) atoms. The Morgan fingerprint density at radius 1 is 0.462 bits per heavy atom. The van der Waals surface area contributed by atoms with Crippen LogP contribution in [0.5, 0.6) is 0 Å². The smallest absolute Gasteiger partial charge is 0 e. The van der Waals surface area contributed by atoms with Crippen molar-refractivity contribution in [2.45, 2.75) is 0 Å². The summed E-state index contributed by atoms with van der Waals surface area (Å²) in [5.74, 6) is 0. The zero-order chi connectivity index (χ0) is 12.0. The molecular weight excluding hydrogens is 344 g/mol. The van der Waals surface area contributed by atoms with Gasteiger partial charge in [-0.15, -0.1) is 26.3 Å². The molecule has 0 aliphatic heterocycles. The van der Waals surface area contributed by atoms with E-state index in [-0.39, 0.29) is 21.1 Å². The first kappa shape index (κ1) is 57.1. The Morgan fingerprint density at radius 3 is 0.462 bits per heavy atom. The van der Waals surface area contributed by atoms with Gasteiger partial charge in [0.1, 0.15) is 0 Å². The van der Waals surface area contributed by atoms with E-state index in [0.29, 0.717) is 0 Å². The molecular formula is C8H8O4W. The topological polar surface area (TPSA) is 79.6 Å². The molecule has 5 heteroatoms. The van der Waals surface area contributed by atoms with Crippen LogP contribution in [0.4, 0.5) is 0 Å². The summed E-state index contributed by atoms with van der Waals surface area (Å²) in [4.78, 5) is 0. The van der Waals surface area contributed by atoms with Gasteiger partial charge in [-0.1, -0.05) is 0 Å².